The third kappa shape index (κ3) is 7.90. The van der Waals surface area contributed by atoms with Crippen LogP contribution in [0.3, 0.4) is 0 Å². The number of hydrogen-bond donors (Lipinski definition) is 1. The number of aliphatic hydroxyl groups excluding tert-OH is 1. The van der Waals surface area contributed by atoms with Crippen molar-refractivity contribution < 1.29 is 9.90 Å². The zero-order valence-electron chi connectivity index (χ0n) is 38.6. The number of ketones is 1. The first-order valence-electron chi connectivity index (χ1n) is 25.1. The Bertz CT molecular complexity index is 1440. The smallest absolute Gasteiger partial charge is 0.136 e. The van der Waals surface area contributed by atoms with E-state index in [2.05, 4.69) is 81.4 Å². The van der Waals surface area contributed by atoms with Crippen LogP contribution in [0, 0.1) is 92.7 Å². The molecule has 0 bridgehead atoms. The van der Waals surface area contributed by atoms with E-state index in [1.807, 2.05) is 0 Å². The van der Waals surface area contributed by atoms with Crippen molar-refractivity contribution >= 4 is 5.78 Å². The molecule has 8 aliphatic rings. The molecule has 2 nitrogen and oxygen atoms in total. The average molecular weight is 771 g/mol. The van der Waals surface area contributed by atoms with Crippen molar-refractivity contribution in [3.63, 3.8) is 0 Å². The van der Waals surface area contributed by atoms with Crippen molar-refractivity contribution in [2.24, 2.45) is 92.7 Å². The Morgan fingerprint density at radius 2 is 1.07 bits per heavy atom. The van der Waals surface area contributed by atoms with Gasteiger partial charge in [-0.15, -0.1) is 0 Å². The van der Waals surface area contributed by atoms with Crippen LogP contribution in [0.1, 0.15) is 210 Å². The molecular formula is C54H90O2. The lowest BCUT2D eigenvalue weighted by molar-refractivity contribution is -0.122. The van der Waals surface area contributed by atoms with E-state index in [1.165, 1.54) is 115 Å². The van der Waals surface area contributed by atoms with Crippen molar-refractivity contribution in [2.45, 2.75) is 217 Å². The number of aliphatic hydroxyl groups is 1. The lowest BCUT2D eigenvalue weighted by atomic mass is 9.47. The van der Waals surface area contributed by atoms with Gasteiger partial charge < -0.3 is 5.11 Å². The van der Waals surface area contributed by atoms with E-state index < -0.39 is 0 Å². The maximum Gasteiger partial charge on any atom is 0.136 e. The van der Waals surface area contributed by atoms with Gasteiger partial charge in [0.25, 0.3) is 0 Å². The zero-order valence-corrected chi connectivity index (χ0v) is 38.6. The van der Waals surface area contributed by atoms with Crippen LogP contribution < -0.4 is 0 Å². The second-order valence-corrected chi connectivity index (χ2v) is 24.2. The Morgan fingerprint density at radius 3 is 1.57 bits per heavy atom. The summed E-state index contributed by atoms with van der Waals surface area (Å²) in [5.41, 5.74) is 5.03. The summed E-state index contributed by atoms with van der Waals surface area (Å²) in [6.45, 7) is 25.1. The van der Waals surface area contributed by atoms with Crippen LogP contribution in [0.4, 0.5) is 0 Å². The first-order chi connectivity index (χ1) is 26.5. The summed E-state index contributed by atoms with van der Waals surface area (Å²) in [6, 6.07) is 0. The molecule has 0 radical (unpaired) electrons. The lowest BCUT2D eigenvalue weighted by Gasteiger charge is -2.58. The minimum atomic E-state index is -0.0766. The fraction of sp³-hybridized carbons (Fsp3) is 0.907. The Labute approximate surface area is 347 Å². The number of carbonyl (C=O) groups excluding carboxylic acids is 1. The first kappa shape index (κ1) is 43.2. The summed E-state index contributed by atoms with van der Waals surface area (Å²) >= 11 is 0. The zero-order chi connectivity index (χ0) is 40.2. The standard InChI is InChI=1S/C27H46O.C27H44O/c2*1-18(2)7-6-8-19(3)23-11-12-24-22-10-9-20-17-21(28)13-15-26(20,4)25(22)14-16-27(23,24)5/h9,18-19,21-25,28H,6-8,10-17H2,1-5H3;9,18-19,22-25H,6-8,10-17H2,1-5H3/t19-,21+,22+,23-,24+,25+,26+,27-;19-,22+,23-,24+,25+,26+,27-/m11/s1. The molecule has 6 saturated carbocycles. The molecule has 1 N–H and O–H groups in total. The predicted octanol–water partition coefficient (Wildman–Crippen LogP) is 15.0. The maximum absolute atomic E-state index is 12.1. The van der Waals surface area contributed by atoms with Gasteiger partial charge in [-0.3, -0.25) is 4.79 Å². The topological polar surface area (TPSA) is 37.3 Å². The molecule has 318 valence electrons. The molecule has 0 heterocycles. The molecule has 0 aromatic carbocycles. The van der Waals surface area contributed by atoms with Crippen molar-refractivity contribution in [3.05, 3.63) is 23.3 Å². The van der Waals surface area contributed by atoms with Crippen LogP contribution in [-0.2, 0) is 4.79 Å². The highest BCUT2D eigenvalue weighted by molar-refractivity contribution is 5.82. The molecule has 8 rings (SSSR count). The quantitative estimate of drug-likeness (QED) is 0.225. The van der Waals surface area contributed by atoms with Gasteiger partial charge in [0.15, 0.2) is 0 Å². The average Bonchev–Trinajstić information content (AvgIpc) is 3.69. The van der Waals surface area contributed by atoms with Crippen LogP contribution >= 0.6 is 0 Å². The van der Waals surface area contributed by atoms with Crippen LogP contribution in [0.15, 0.2) is 23.3 Å². The monoisotopic (exact) mass is 771 g/mol. The normalized spacial score (nSPS) is 45.2. The van der Waals surface area contributed by atoms with Gasteiger partial charge in [-0.2, -0.15) is 0 Å². The third-order valence-electron chi connectivity index (χ3n) is 20.4. The highest BCUT2D eigenvalue weighted by Gasteiger charge is 2.60. The van der Waals surface area contributed by atoms with Crippen LogP contribution in [-0.4, -0.2) is 17.0 Å². The number of Topliss-reactive ketones (excluding diaryl/α,β-unsaturated/α-hetero) is 1. The van der Waals surface area contributed by atoms with Crippen LogP contribution in [0.5, 0.6) is 0 Å². The molecule has 0 amide bonds. The minimum absolute atomic E-state index is 0.0766. The summed E-state index contributed by atoms with van der Waals surface area (Å²) in [6.07, 6.45) is 33.7. The molecule has 0 aromatic heterocycles. The Kier molecular flexibility index (Phi) is 13.0. The minimum Gasteiger partial charge on any atom is -0.393 e. The fourth-order valence-corrected chi connectivity index (χ4v) is 17.2. The van der Waals surface area contributed by atoms with E-state index >= 15 is 0 Å². The largest absolute Gasteiger partial charge is 0.393 e. The molecule has 0 aliphatic heterocycles. The Balaban J connectivity index is 0.000000172. The molecule has 0 spiro atoms. The van der Waals surface area contributed by atoms with Gasteiger partial charge in [-0.1, -0.05) is 131 Å². The number of rotatable bonds is 10. The number of hydrogen-bond acceptors (Lipinski definition) is 2. The van der Waals surface area contributed by atoms with Crippen LogP contribution in [0.2, 0.25) is 0 Å². The molecule has 15 atom stereocenters. The summed E-state index contributed by atoms with van der Waals surface area (Å²) in [4.78, 5) is 12.1. The van der Waals surface area contributed by atoms with Crippen molar-refractivity contribution in [1.29, 1.82) is 0 Å². The SMILES string of the molecule is CC(C)CCC[C@@H](C)[C@H]1CC[C@H]2[C@@H]3CC=C4CC(=O)CC[C@]4(C)[C@H]3CC[C@]12C.CC(C)CCC[C@@H](C)[C@H]1CC[C@H]2[C@@H]3CC=C4C[C@@H](O)CC[C@]4(C)[C@H]3CC[C@]12C. The molecule has 0 saturated heterocycles. The molecular weight excluding hydrogens is 681 g/mol. The summed E-state index contributed by atoms with van der Waals surface area (Å²) in [5, 5.41) is 10.2. The molecule has 56 heavy (non-hydrogen) atoms. The predicted molar refractivity (Wildman–Crippen MR) is 237 cm³/mol. The Morgan fingerprint density at radius 1 is 0.589 bits per heavy atom. The molecule has 0 aromatic rings. The lowest BCUT2D eigenvalue weighted by Crippen LogP contribution is -2.50. The summed E-state index contributed by atoms with van der Waals surface area (Å²) in [7, 11) is 0. The van der Waals surface area contributed by atoms with E-state index in [0.29, 0.717) is 27.4 Å². The van der Waals surface area contributed by atoms with E-state index in [-0.39, 0.29) is 6.10 Å². The van der Waals surface area contributed by atoms with Gasteiger partial charge in [-0.05, 0) is 183 Å². The second-order valence-electron chi connectivity index (χ2n) is 24.2. The van der Waals surface area contributed by atoms with Gasteiger partial charge in [0.2, 0.25) is 0 Å². The van der Waals surface area contributed by atoms with E-state index in [9.17, 15) is 9.90 Å². The Hall–Kier alpha value is -0.890. The highest BCUT2D eigenvalue weighted by Crippen LogP contribution is 2.69. The highest BCUT2D eigenvalue weighted by atomic mass is 16.3. The molecule has 8 aliphatic carbocycles. The van der Waals surface area contributed by atoms with E-state index in [0.717, 1.165) is 103 Å². The molecule has 6 fully saturated rings. The van der Waals surface area contributed by atoms with Gasteiger partial charge >= 0.3 is 0 Å². The van der Waals surface area contributed by atoms with E-state index in [4.69, 9.17) is 0 Å². The van der Waals surface area contributed by atoms with Crippen molar-refractivity contribution in [1.82, 2.24) is 0 Å². The van der Waals surface area contributed by atoms with Gasteiger partial charge in [0.1, 0.15) is 5.78 Å². The summed E-state index contributed by atoms with van der Waals surface area (Å²) in [5.74, 6) is 11.3. The summed E-state index contributed by atoms with van der Waals surface area (Å²) < 4.78 is 0. The van der Waals surface area contributed by atoms with Gasteiger partial charge in [-0.25, -0.2) is 0 Å². The van der Waals surface area contributed by atoms with E-state index in [1.54, 1.807) is 5.57 Å². The number of carbonyl (C=O) groups is 1. The second kappa shape index (κ2) is 16.9. The van der Waals surface area contributed by atoms with Gasteiger partial charge in [0, 0.05) is 12.8 Å². The fourth-order valence-electron chi connectivity index (χ4n) is 17.2. The molecule has 2 heteroatoms. The molecule has 0 unspecified atom stereocenters. The number of fused-ring (bicyclic) bond motifs is 10. The van der Waals surface area contributed by atoms with Crippen molar-refractivity contribution in [2.75, 3.05) is 0 Å². The third-order valence-corrected chi connectivity index (χ3v) is 20.4. The first-order valence-corrected chi connectivity index (χ1v) is 25.1. The maximum atomic E-state index is 12.1. The van der Waals surface area contributed by atoms with Crippen LogP contribution in [0.25, 0.3) is 0 Å². The van der Waals surface area contributed by atoms with Crippen molar-refractivity contribution in [3.8, 4) is 0 Å². The number of allylic oxidation sites excluding steroid dienone is 3. The van der Waals surface area contributed by atoms with Gasteiger partial charge in [0.05, 0.1) is 6.10 Å².